The molecule has 0 bridgehead atoms. The zero-order chi connectivity index (χ0) is 43.7. The van der Waals surface area contributed by atoms with Gasteiger partial charge in [0.15, 0.2) is 5.69 Å². The van der Waals surface area contributed by atoms with E-state index in [1.807, 2.05) is 36.4 Å². The monoisotopic (exact) mass is 879 g/mol. The predicted molar refractivity (Wildman–Crippen MR) is 268 cm³/mol. The Morgan fingerprint density at radius 1 is 0.492 bits per heavy atom. The van der Waals surface area contributed by atoms with Crippen LogP contribution >= 0.6 is 22.7 Å². The molecule has 4 aromatic heterocycles. The number of hydrogen-bond acceptors (Lipinski definition) is 2. The van der Waals surface area contributed by atoms with Crippen molar-refractivity contribution >= 4 is 112 Å². The molecule has 3 nitrogen and oxygen atoms in total. The second-order valence-corrected chi connectivity index (χ2v) is 18.7. The van der Waals surface area contributed by atoms with E-state index >= 15 is 0 Å². The molecule has 8 heteroatoms. The van der Waals surface area contributed by atoms with Crippen molar-refractivity contribution in [3.05, 3.63) is 198 Å². The highest BCUT2D eigenvalue weighted by Crippen LogP contribution is 2.49. The fraction of sp³-hybridized carbons (Fsp3) is 0.0351. The van der Waals surface area contributed by atoms with Gasteiger partial charge in [-0.05, 0) is 101 Å². The van der Waals surface area contributed by atoms with Crippen LogP contribution in [0.1, 0.15) is 11.1 Å². The molecule has 0 spiro atoms. The molecule has 0 aliphatic rings. The van der Waals surface area contributed by atoms with E-state index in [1.54, 1.807) is 41.7 Å². The van der Waals surface area contributed by atoms with Gasteiger partial charge >= 0.3 is 6.18 Å². The third-order valence-electron chi connectivity index (χ3n) is 13.1. The van der Waals surface area contributed by atoms with Crippen LogP contribution in [0.4, 0.5) is 18.9 Å². The number of halogens is 3. The summed E-state index contributed by atoms with van der Waals surface area (Å²) in [4.78, 5) is 4.10. The summed E-state index contributed by atoms with van der Waals surface area (Å²) >= 11 is 3.56. The third kappa shape index (κ3) is 5.46. The molecule has 0 aliphatic carbocycles. The van der Waals surface area contributed by atoms with Gasteiger partial charge in [-0.15, -0.1) is 22.7 Å². The Bertz CT molecular complexity index is 4210. The smallest absolute Gasteiger partial charge is 0.309 e. The number of thiophene rings is 2. The zero-order valence-electron chi connectivity index (χ0n) is 34.5. The van der Waals surface area contributed by atoms with Crippen molar-refractivity contribution in [2.45, 2.75) is 13.1 Å². The molecule has 13 rings (SSSR count). The van der Waals surface area contributed by atoms with Gasteiger partial charge in [0.05, 0.1) is 39.9 Å². The quantitative estimate of drug-likeness (QED) is 0.156. The Morgan fingerprint density at radius 3 is 1.68 bits per heavy atom. The maximum atomic E-state index is 14.9. The summed E-state index contributed by atoms with van der Waals surface area (Å²) in [6.45, 7) is 10.3. The summed E-state index contributed by atoms with van der Waals surface area (Å²) in [6, 6.07) is 58.3. The summed E-state index contributed by atoms with van der Waals surface area (Å²) in [5, 5.41) is 9.28. The topological polar surface area (TPSA) is 14.2 Å². The van der Waals surface area contributed by atoms with Gasteiger partial charge < -0.3 is 9.13 Å². The molecule has 4 heterocycles. The predicted octanol–water partition coefficient (Wildman–Crippen LogP) is 17.8. The number of aryl methyl sites for hydroxylation is 1. The van der Waals surface area contributed by atoms with Crippen molar-refractivity contribution in [1.82, 2.24) is 9.13 Å². The van der Waals surface area contributed by atoms with E-state index in [0.29, 0.717) is 27.9 Å². The van der Waals surface area contributed by atoms with Crippen molar-refractivity contribution < 1.29 is 13.2 Å². The molecule has 65 heavy (non-hydrogen) atoms. The molecular weight excluding hydrogens is 848 g/mol. The number of alkyl halides is 3. The molecule has 0 N–H and O–H groups in total. The number of aromatic nitrogens is 2. The lowest BCUT2D eigenvalue weighted by Crippen LogP contribution is -2.08. The Hall–Kier alpha value is -7.70. The Morgan fingerprint density at radius 2 is 1.06 bits per heavy atom. The van der Waals surface area contributed by atoms with Crippen LogP contribution < -0.4 is 0 Å². The van der Waals surface area contributed by atoms with Crippen LogP contribution in [-0.4, -0.2) is 9.13 Å². The fourth-order valence-electron chi connectivity index (χ4n) is 10.4. The van der Waals surface area contributed by atoms with Gasteiger partial charge in [-0.2, -0.15) is 13.2 Å². The molecule has 13 aromatic rings. The lowest BCUT2D eigenvalue weighted by Gasteiger charge is -2.20. The van der Waals surface area contributed by atoms with Crippen molar-refractivity contribution in [3.63, 3.8) is 0 Å². The van der Waals surface area contributed by atoms with Gasteiger partial charge in [-0.3, -0.25) is 0 Å². The van der Waals surface area contributed by atoms with E-state index in [0.717, 1.165) is 61.1 Å². The number of fused-ring (bicyclic) bond motifs is 14. The average Bonchev–Trinajstić information content (AvgIpc) is 4.08. The minimum atomic E-state index is -4.58. The van der Waals surface area contributed by atoms with Gasteiger partial charge in [0.25, 0.3) is 0 Å². The first-order valence-electron chi connectivity index (χ1n) is 21.3. The van der Waals surface area contributed by atoms with Crippen molar-refractivity contribution in [3.8, 4) is 33.6 Å². The van der Waals surface area contributed by atoms with Crippen molar-refractivity contribution in [2.24, 2.45) is 0 Å². The zero-order valence-corrected chi connectivity index (χ0v) is 36.2. The van der Waals surface area contributed by atoms with Crippen LogP contribution in [0.3, 0.4) is 0 Å². The molecule has 0 fully saturated rings. The summed E-state index contributed by atoms with van der Waals surface area (Å²) in [6.07, 6.45) is -4.58. The Balaban J connectivity index is 1.13. The molecule has 9 aromatic carbocycles. The van der Waals surface area contributed by atoms with Gasteiger partial charge in [-0.1, -0.05) is 109 Å². The van der Waals surface area contributed by atoms with E-state index in [-0.39, 0.29) is 5.56 Å². The first kappa shape index (κ1) is 37.8. The van der Waals surface area contributed by atoms with Crippen LogP contribution in [0.15, 0.2) is 176 Å². The second kappa shape index (κ2) is 13.9. The first-order valence-corrected chi connectivity index (χ1v) is 22.9. The van der Waals surface area contributed by atoms with Crippen LogP contribution in [0, 0.1) is 13.5 Å². The molecule has 0 saturated carbocycles. The van der Waals surface area contributed by atoms with E-state index in [9.17, 15) is 13.2 Å². The highest BCUT2D eigenvalue weighted by atomic mass is 32.1. The highest BCUT2D eigenvalue weighted by Gasteiger charge is 2.34. The first-order chi connectivity index (χ1) is 31.8. The summed E-state index contributed by atoms with van der Waals surface area (Å²) in [5.41, 5.74) is 7.63. The largest absolute Gasteiger partial charge is 0.417 e. The van der Waals surface area contributed by atoms with Crippen LogP contribution in [0.2, 0.25) is 0 Å². The minimum Gasteiger partial charge on any atom is -0.309 e. The van der Waals surface area contributed by atoms with Crippen molar-refractivity contribution in [1.29, 1.82) is 0 Å². The van der Waals surface area contributed by atoms with Gasteiger partial charge in [0, 0.05) is 67.6 Å². The normalized spacial score (nSPS) is 12.3. The lowest BCUT2D eigenvalue weighted by molar-refractivity contribution is -0.137. The molecule has 0 saturated heterocycles. The van der Waals surface area contributed by atoms with E-state index < -0.39 is 11.7 Å². The summed E-state index contributed by atoms with van der Waals surface area (Å²) < 4.78 is 54.0. The number of nitrogens with zero attached hydrogens (tertiary/aromatic N) is 3. The minimum absolute atomic E-state index is 0.122. The maximum Gasteiger partial charge on any atom is 0.417 e. The molecule has 0 amide bonds. The van der Waals surface area contributed by atoms with Crippen LogP contribution in [-0.2, 0) is 6.18 Å². The Labute approximate surface area is 377 Å². The number of benzene rings is 9. The maximum absolute atomic E-state index is 14.9. The van der Waals surface area contributed by atoms with E-state index in [1.165, 1.54) is 46.4 Å². The highest BCUT2D eigenvalue weighted by molar-refractivity contribution is 7.27. The summed E-state index contributed by atoms with van der Waals surface area (Å²) in [7, 11) is 0. The fourth-order valence-corrected chi connectivity index (χ4v) is 12.9. The Kier molecular flexibility index (Phi) is 8.09. The van der Waals surface area contributed by atoms with Crippen molar-refractivity contribution in [2.75, 3.05) is 0 Å². The number of para-hydroxylation sites is 2. The van der Waals surface area contributed by atoms with Crippen LogP contribution in [0.25, 0.3) is 122 Å². The molecule has 0 aliphatic heterocycles. The van der Waals surface area contributed by atoms with Gasteiger partial charge in [0.1, 0.15) is 0 Å². The number of rotatable bonds is 4. The third-order valence-corrected chi connectivity index (χ3v) is 15.5. The standard InChI is InChI=1S/C57H32F3N3S2/c1-32-12-11-17-43(57(58,59)60)52(32)33-22-27-47(63-46-19-8-4-16-40(46)54-49(63)29-25-38-36-14-6-10-21-51(36)65-56(38)54)42(30-33)41-31-34(23-26-44(41)61-2)62-45-18-7-3-15-39(45)53-48(62)28-24-37-35-13-5-9-20-50(35)64-55(37)53/h3-31H,1H3. The van der Waals surface area contributed by atoms with Gasteiger partial charge in [0.2, 0.25) is 0 Å². The SMILES string of the molecule is [C-]#[N+]c1ccc(-n2c3ccccc3c3c4sc5ccccc5c4ccc32)cc1-c1cc(-c2c(C)cccc2C(F)(F)F)ccc1-n1c2ccccc2c2c3sc4ccccc4c3ccc21. The molecule has 0 radical (unpaired) electrons. The van der Waals surface area contributed by atoms with E-state index in [2.05, 4.69) is 129 Å². The van der Waals surface area contributed by atoms with Crippen LogP contribution in [0.5, 0.6) is 0 Å². The lowest BCUT2D eigenvalue weighted by atomic mass is 9.91. The molecular formula is C57H32F3N3S2. The second-order valence-electron chi connectivity index (χ2n) is 16.6. The van der Waals surface area contributed by atoms with E-state index in [4.69, 9.17) is 6.57 Å². The van der Waals surface area contributed by atoms with Gasteiger partial charge in [-0.25, -0.2) is 4.85 Å². The summed E-state index contributed by atoms with van der Waals surface area (Å²) in [5.74, 6) is 0. The average molecular weight is 880 g/mol. The molecule has 0 atom stereocenters. The molecule has 0 unspecified atom stereocenters. The number of hydrogen-bond donors (Lipinski definition) is 0. The molecule has 308 valence electrons.